The van der Waals surface area contributed by atoms with Crippen LogP contribution in [0.1, 0.15) is 40.4 Å². The van der Waals surface area contributed by atoms with Gasteiger partial charge in [0.1, 0.15) is 12.2 Å². The number of amides is 1. The maximum absolute atomic E-state index is 12.3. The number of nitrogens with one attached hydrogen (secondary N) is 1. The summed E-state index contributed by atoms with van der Waals surface area (Å²) in [4.78, 5) is 24.3. The van der Waals surface area contributed by atoms with Gasteiger partial charge in [0.05, 0.1) is 13.2 Å². The molecule has 21 heavy (non-hydrogen) atoms. The van der Waals surface area contributed by atoms with Crippen molar-refractivity contribution in [2.24, 2.45) is 11.3 Å². The minimum Gasteiger partial charge on any atom is -0.465 e. The first-order valence-electron chi connectivity index (χ1n) is 7.12. The third kappa shape index (κ3) is 4.54. The Kier molecular flexibility index (Phi) is 5.87. The molecule has 1 amide bonds. The van der Waals surface area contributed by atoms with Crippen molar-refractivity contribution in [2.75, 3.05) is 6.61 Å². The highest BCUT2D eigenvalue weighted by Crippen LogP contribution is 2.27. The molecule has 1 heterocycles. The van der Waals surface area contributed by atoms with Crippen molar-refractivity contribution in [1.29, 1.82) is 0 Å². The summed E-state index contributed by atoms with van der Waals surface area (Å²) in [6, 6.07) is 0. The zero-order valence-corrected chi connectivity index (χ0v) is 13.3. The maximum atomic E-state index is 12.3. The van der Waals surface area contributed by atoms with Crippen LogP contribution in [0.2, 0.25) is 0 Å². The SMILES string of the molecule is CCOC(=O)C(C(=O)NCc1nncn1CC)C(C)(C)C. The number of hydrogen-bond acceptors (Lipinski definition) is 5. The van der Waals surface area contributed by atoms with Crippen LogP contribution in [-0.4, -0.2) is 33.2 Å². The Hall–Kier alpha value is -1.92. The fourth-order valence-electron chi connectivity index (χ4n) is 2.03. The Labute approximate surface area is 125 Å². The molecule has 7 heteroatoms. The molecule has 0 saturated heterocycles. The van der Waals surface area contributed by atoms with Crippen molar-refractivity contribution in [1.82, 2.24) is 20.1 Å². The van der Waals surface area contributed by atoms with Crippen LogP contribution < -0.4 is 5.32 Å². The van der Waals surface area contributed by atoms with Crippen molar-refractivity contribution in [3.05, 3.63) is 12.2 Å². The van der Waals surface area contributed by atoms with Crippen LogP contribution in [0.25, 0.3) is 0 Å². The first-order chi connectivity index (χ1) is 9.81. The number of esters is 1. The first-order valence-corrected chi connectivity index (χ1v) is 7.12. The average molecular weight is 296 g/mol. The summed E-state index contributed by atoms with van der Waals surface area (Å²) < 4.78 is 6.83. The molecule has 7 nitrogen and oxygen atoms in total. The minimum atomic E-state index is -0.851. The fraction of sp³-hybridized carbons (Fsp3) is 0.714. The Morgan fingerprint density at radius 2 is 2.05 bits per heavy atom. The van der Waals surface area contributed by atoms with Gasteiger partial charge in [-0.15, -0.1) is 10.2 Å². The van der Waals surface area contributed by atoms with E-state index < -0.39 is 17.3 Å². The standard InChI is InChI=1S/C14H24N4O3/c1-6-18-9-16-17-10(18)8-15-12(19)11(14(3,4)5)13(20)21-7-2/h9,11H,6-8H2,1-5H3,(H,15,19). The zero-order chi connectivity index (χ0) is 16.0. The molecule has 0 aromatic carbocycles. The molecule has 0 bridgehead atoms. The highest BCUT2D eigenvalue weighted by atomic mass is 16.5. The highest BCUT2D eigenvalue weighted by molar-refractivity contribution is 5.98. The molecule has 118 valence electrons. The van der Waals surface area contributed by atoms with Gasteiger partial charge in [0, 0.05) is 6.54 Å². The van der Waals surface area contributed by atoms with Gasteiger partial charge in [-0.05, 0) is 19.3 Å². The Morgan fingerprint density at radius 1 is 1.38 bits per heavy atom. The lowest BCUT2D eigenvalue weighted by atomic mass is 9.80. The number of aromatic nitrogens is 3. The summed E-state index contributed by atoms with van der Waals surface area (Å²) in [7, 11) is 0. The topological polar surface area (TPSA) is 86.1 Å². The molecule has 1 N–H and O–H groups in total. The average Bonchev–Trinajstić information content (AvgIpc) is 2.82. The van der Waals surface area contributed by atoms with Gasteiger partial charge in [-0.1, -0.05) is 20.8 Å². The second kappa shape index (κ2) is 7.19. The molecule has 1 atom stereocenters. The maximum Gasteiger partial charge on any atom is 0.319 e. The number of ether oxygens (including phenoxy) is 1. The smallest absolute Gasteiger partial charge is 0.319 e. The van der Waals surface area contributed by atoms with E-state index in [-0.39, 0.29) is 19.1 Å². The van der Waals surface area contributed by atoms with Crippen molar-refractivity contribution >= 4 is 11.9 Å². The van der Waals surface area contributed by atoms with Crippen molar-refractivity contribution in [3.63, 3.8) is 0 Å². The summed E-state index contributed by atoms with van der Waals surface area (Å²) in [6.45, 7) is 10.4. The van der Waals surface area contributed by atoms with Gasteiger partial charge in [-0.3, -0.25) is 9.59 Å². The lowest BCUT2D eigenvalue weighted by molar-refractivity contribution is -0.156. The van der Waals surface area contributed by atoms with Crippen molar-refractivity contribution < 1.29 is 14.3 Å². The van der Waals surface area contributed by atoms with Crippen LogP contribution in [0.5, 0.6) is 0 Å². The molecule has 1 aromatic rings. The number of aryl methyl sites for hydroxylation is 1. The third-order valence-corrected chi connectivity index (χ3v) is 3.11. The van der Waals surface area contributed by atoms with Crippen LogP contribution in [0.15, 0.2) is 6.33 Å². The number of hydrogen-bond donors (Lipinski definition) is 1. The Morgan fingerprint density at radius 3 is 2.57 bits per heavy atom. The summed E-state index contributed by atoms with van der Waals surface area (Å²) in [5.41, 5.74) is -0.519. The van der Waals surface area contributed by atoms with Gasteiger partial charge in [0.15, 0.2) is 5.82 Å². The van der Waals surface area contributed by atoms with Gasteiger partial charge in [-0.2, -0.15) is 0 Å². The van der Waals surface area contributed by atoms with Gasteiger partial charge >= 0.3 is 5.97 Å². The van der Waals surface area contributed by atoms with Gasteiger partial charge in [-0.25, -0.2) is 0 Å². The molecular weight excluding hydrogens is 272 g/mol. The normalized spacial score (nSPS) is 12.8. The Balaban J connectivity index is 2.76. The molecule has 1 rings (SSSR count). The lowest BCUT2D eigenvalue weighted by Crippen LogP contribution is -2.43. The Bertz CT molecular complexity index is 491. The quantitative estimate of drug-likeness (QED) is 0.628. The van der Waals surface area contributed by atoms with Crippen LogP contribution in [0.3, 0.4) is 0 Å². The third-order valence-electron chi connectivity index (χ3n) is 3.11. The van der Waals surface area contributed by atoms with E-state index in [4.69, 9.17) is 4.74 Å². The van der Waals surface area contributed by atoms with E-state index >= 15 is 0 Å². The van der Waals surface area contributed by atoms with E-state index in [2.05, 4.69) is 15.5 Å². The number of carbonyl (C=O) groups excluding carboxylic acids is 2. The predicted molar refractivity (Wildman–Crippen MR) is 77.1 cm³/mol. The zero-order valence-electron chi connectivity index (χ0n) is 13.3. The molecule has 0 aliphatic rings. The molecule has 0 spiro atoms. The lowest BCUT2D eigenvalue weighted by Gasteiger charge is -2.27. The molecule has 1 aromatic heterocycles. The molecule has 0 saturated carbocycles. The predicted octanol–water partition coefficient (Wildman–Crippen LogP) is 1.14. The number of rotatable bonds is 6. The van der Waals surface area contributed by atoms with Crippen LogP contribution in [0.4, 0.5) is 0 Å². The fourth-order valence-corrected chi connectivity index (χ4v) is 2.03. The molecule has 0 aliphatic heterocycles. The number of nitrogens with zero attached hydrogens (tertiary/aromatic N) is 3. The van der Waals surface area contributed by atoms with E-state index in [0.717, 1.165) is 6.54 Å². The minimum absolute atomic E-state index is 0.235. The van der Waals surface area contributed by atoms with Gasteiger partial charge in [0.25, 0.3) is 0 Å². The van der Waals surface area contributed by atoms with E-state index in [9.17, 15) is 9.59 Å². The summed E-state index contributed by atoms with van der Waals surface area (Å²) in [6.07, 6.45) is 1.61. The van der Waals surface area contributed by atoms with E-state index in [1.54, 1.807) is 13.3 Å². The molecule has 0 radical (unpaired) electrons. The summed E-state index contributed by atoms with van der Waals surface area (Å²) in [5.74, 6) is -1.05. The second-order valence-electron chi connectivity index (χ2n) is 5.80. The molecule has 0 fully saturated rings. The summed E-state index contributed by atoms with van der Waals surface area (Å²) in [5, 5.41) is 10.5. The number of carbonyl (C=O) groups is 2. The van der Waals surface area contributed by atoms with Gasteiger partial charge < -0.3 is 14.6 Å². The monoisotopic (exact) mass is 296 g/mol. The van der Waals surface area contributed by atoms with Crippen molar-refractivity contribution in [2.45, 2.75) is 47.7 Å². The largest absolute Gasteiger partial charge is 0.465 e. The van der Waals surface area contributed by atoms with Gasteiger partial charge in [0.2, 0.25) is 5.91 Å². The second-order valence-corrected chi connectivity index (χ2v) is 5.80. The van der Waals surface area contributed by atoms with E-state index in [1.807, 2.05) is 32.3 Å². The highest BCUT2D eigenvalue weighted by Gasteiger charge is 2.38. The van der Waals surface area contributed by atoms with E-state index in [1.165, 1.54) is 0 Å². The molecule has 0 aliphatic carbocycles. The van der Waals surface area contributed by atoms with Crippen LogP contribution in [-0.2, 0) is 27.4 Å². The van der Waals surface area contributed by atoms with E-state index in [0.29, 0.717) is 5.82 Å². The first kappa shape index (κ1) is 17.1. The van der Waals surface area contributed by atoms with Crippen molar-refractivity contribution in [3.8, 4) is 0 Å². The molecule has 1 unspecified atom stereocenters. The van der Waals surface area contributed by atoms with Crippen LogP contribution >= 0.6 is 0 Å². The van der Waals surface area contributed by atoms with Crippen LogP contribution in [0, 0.1) is 11.3 Å². The molecular formula is C14H24N4O3. The summed E-state index contributed by atoms with van der Waals surface area (Å²) >= 11 is 0.